The fourth-order valence-electron chi connectivity index (χ4n) is 4.30. The Morgan fingerprint density at radius 3 is 2.13 bits per heavy atom. The van der Waals surface area contributed by atoms with Gasteiger partial charge >= 0.3 is 0 Å². The van der Waals surface area contributed by atoms with Crippen LogP contribution in [0.25, 0.3) is 0 Å². The van der Waals surface area contributed by atoms with Crippen molar-refractivity contribution in [1.82, 2.24) is 9.62 Å². The average molecular weight is 469 g/mol. The Kier molecular flexibility index (Phi) is 8.77. The first kappa shape index (κ1) is 25.5. The highest BCUT2D eigenvalue weighted by Crippen LogP contribution is 2.33. The molecule has 0 radical (unpaired) electrons. The summed E-state index contributed by atoms with van der Waals surface area (Å²) in [5, 5.41) is 0. The maximum atomic E-state index is 12.8. The van der Waals surface area contributed by atoms with E-state index in [1.807, 2.05) is 39.0 Å². The van der Waals surface area contributed by atoms with E-state index in [1.54, 1.807) is 14.2 Å². The third kappa shape index (κ3) is 5.92. The zero-order chi connectivity index (χ0) is 21.9. The molecule has 2 aromatic rings. The monoisotopic (exact) mass is 468 g/mol. The van der Waals surface area contributed by atoms with Crippen molar-refractivity contribution in [3.63, 3.8) is 0 Å². The van der Waals surface area contributed by atoms with E-state index in [0.717, 1.165) is 60.7 Å². The number of aryl methyl sites for hydroxylation is 3. The summed E-state index contributed by atoms with van der Waals surface area (Å²) in [6.07, 6.45) is 1.70. The number of nitrogens with zero attached hydrogens (tertiary/aromatic N) is 1. The molecule has 0 amide bonds. The van der Waals surface area contributed by atoms with Gasteiger partial charge in [-0.3, -0.25) is 4.90 Å². The number of benzene rings is 2. The lowest BCUT2D eigenvalue weighted by Gasteiger charge is -2.29. The number of methoxy groups -OCH3 is 2. The molecule has 8 heteroatoms. The van der Waals surface area contributed by atoms with Crippen molar-refractivity contribution in [3.05, 3.63) is 52.1 Å². The molecular formula is C23H33ClN2O4S. The van der Waals surface area contributed by atoms with Crippen LogP contribution in [0.1, 0.15) is 34.2 Å². The first-order valence-electron chi connectivity index (χ1n) is 10.3. The van der Waals surface area contributed by atoms with Crippen molar-refractivity contribution in [2.75, 3.05) is 33.9 Å². The number of hydrogen-bond acceptors (Lipinski definition) is 5. The Bertz CT molecular complexity index is 1000. The molecule has 0 spiro atoms. The summed E-state index contributed by atoms with van der Waals surface area (Å²) in [6.45, 7) is 8.72. The molecule has 2 aromatic carbocycles. The summed E-state index contributed by atoms with van der Waals surface area (Å²) >= 11 is 0. The number of ether oxygens (including phenoxy) is 2. The Labute approximate surface area is 192 Å². The highest BCUT2D eigenvalue weighted by molar-refractivity contribution is 7.89. The molecule has 0 bridgehead atoms. The number of rotatable bonds is 8. The minimum absolute atomic E-state index is 0. The maximum Gasteiger partial charge on any atom is 0.241 e. The summed E-state index contributed by atoms with van der Waals surface area (Å²) in [7, 11) is -0.206. The lowest BCUT2D eigenvalue weighted by Crippen LogP contribution is -2.34. The van der Waals surface area contributed by atoms with E-state index in [2.05, 4.69) is 15.7 Å². The number of halogens is 1. The van der Waals surface area contributed by atoms with Crippen LogP contribution in [0.15, 0.2) is 29.2 Å². The van der Waals surface area contributed by atoms with Gasteiger partial charge in [0.25, 0.3) is 0 Å². The molecule has 0 saturated carbocycles. The predicted octanol–water partition coefficient (Wildman–Crippen LogP) is 3.78. The van der Waals surface area contributed by atoms with Gasteiger partial charge in [-0.2, -0.15) is 0 Å². The molecule has 3 rings (SSSR count). The minimum Gasteiger partial charge on any atom is -0.493 e. The molecule has 31 heavy (non-hydrogen) atoms. The standard InChI is InChI=1S/C23H32N2O4S.ClH/c1-16-11-17(2)23(18(3)12-16)30(26,27)24-8-6-9-25-10-7-19-13-21(28-4)22(29-5)14-20(19)15-25;/h11-14,24H,6-10,15H2,1-5H3;1H. The van der Waals surface area contributed by atoms with Gasteiger partial charge in [-0.1, -0.05) is 17.7 Å². The normalized spacial score (nSPS) is 14.0. The Balaban J connectivity index is 0.00000341. The van der Waals surface area contributed by atoms with Gasteiger partial charge in [0.2, 0.25) is 10.0 Å². The number of nitrogens with one attached hydrogen (secondary N) is 1. The molecule has 6 nitrogen and oxygen atoms in total. The number of sulfonamides is 1. The van der Waals surface area contributed by atoms with E-state index in [1.165, 1.54) is 11.1 Å². The van der Waals surface area contributed by atoms with E-state index in [4.69, 9.17) is 9.47 Å². The zero-order valence-electron chi connectivity index (χ0n) is 18.9. The SMILES string of the molecule is COc1cc2c(cc1OC)CN(CCCNS(=O)(=O)c1c(C)cc(C)cc1C)CC2.Cl. The summed E-state index contributed by atoms with van der Waals surface area (Å²) < 4.78 is 39.2. The topological polar surface area (TPSA) is 67.9 Å². The Morgan fingerprint density at radius 1 is 0.968 bits per heavy atom. The van der Waals surface area contributed by atoms with E-state index >= 15 is 0 Å². The van der Waals surface area contributed by atoms with Crippen LogP contribution in [-0.2, 0) is 23.0 Å². The van der Waals surface area contributed by atoms with Crippen molar-refractivity contribution in [2.24, 2.45) is 0 Å². The molecular weight excluding hydrogens is 436 g/mol. The van der Waals surface area contributed by atoms with Crippen LogP contribution in [0, 0.1) is 20.8 Å². The van der Waals surface area contributed by atoms with Gasteiger partial charge in [0.05, 0.1) is 19.1 Å². The molecule has 1 aliphatic heterocycles. The lowest BCUT2D eigenvalue weighted by molar-refractivity contribution is 0.250. The Morgan fingerprint density at radius 2 is 1.55 bits per heavy atom. The number of hydrogen-bond donors (Lipinski definition) is 1. The van der Waals surface area contributed by atoms with Gasteiger partial charge in [0.1, 0.15) is 0 Å². The van der Waals surface area contributed by atoms with E-state index < -0.39 is 10.0 Å². The zero-order valence-corrected chi connectivity index (χ0v) is 20.6. The number of fused-ring (bicyclic) bond motifs is 1. The fourth-order valence-corrected chi connectivity index (χ4v) is 5.83. The van der Waals surface area contributed by atoms with Crippen LogP contribution in [0.2, 0.25) is 0 Å². The quantitative estimate of drug-likeness (QED) is 0.597. The van der Waals surface area contributed by atoms with Gasteiger partial charge in [-0.05, 0) is 74.5 Å². The van der Waals surface area contributed by atoms with Crippen LogP contribution in [0.5, 0.6) is 11.5 Å². The van der Waals surface area contributed by atoms with Crippen molar-refractivity contribution in [3.8, 4) is 11.5 Å². The highest BCUT2D eigenvalue weighted by Gasteiger charge is 2.21. The van der Waals surface area contributed by atoms with E-state index in [9.17, 15) is 8.42 Å². The molecule has 1 aliphatic rings. The third-order valence-corrected chi connectivity index (χ3v) is 7.38. The smallest absolute Gasteiger partial charge is 0.241 e. The van der Waals surface area contributed by atoms with E-state index in [-0.39, 0.29) is 12.4 Å². The third-order valence-electron chi connectivity index (χ3n) is 5.61. The van der Waals surface area contributed by atoms with Crippen LogP contribution >= 0.6 is 12.4 Å². The second-order valence-corrected chi connectivity index (χ2v) is 9.69. The van der Waals surface area contributed by atoms with Gasteiger partial charge in [0.15, 0.2) is 11.5 Å². The summed E-state index contributed by atoms with van der Waals surface area (Å²) in [5.41, 5.74) is 5.18. The molecule has 0 aliphatic carbocycles. The van der Waals surface area contributed by atoms with Crippen LogP contribution in [0.4, 0.5) is 0 Å². The molecule has 0 fully saturated rings. The van der Waals surface area contributed by atoms with Crippen LogP contribution in [-0.4, -0.2) is 47.2 Å². The molecule has 0 saturated heterocycles. The predicted molar refractivity (Wildman–Crippen MR) is 126 cm³/mol. The van der Waals surface area contributed by atoms with Crippen LogP contribution < -0.4 is 14.2 Å². The second kappa shape index (κ2) is 10.7. The maximum absolute atomic E-state index is 12.8. The van der Waals surface area contributed by atoms with Crippen molar-refractivity contribution >= 4 is 22.4 Å². The second-order valence-electron chi connectivity index (χ2n) is 7.98. The molecule has 1 N–H and O–H groups in total. The van der Waals surface area contributed by atoms with Crippen molar-refractivity contribution < 1.29 is 17.9 Å². The first-order chi connectivity index (χ1) is 14.2. The van der Waals surface area contributed by atoms with Crippen molar-refractivity contribution in [1.29, 1.82) is 0 Å². The summed E-state index contributed by atoms with van der Waals surface area (Å²) in [4.78, 5) is 2.76. The highest BCUT2D eigenvalue weighted by atomic mass is 35.5. The van der Waals surface area contributed by atoms with Gasteiger partial charge in [-0.25, -0.2) is 13.1 Å². The molecule has 0 unspecified atom stereocenters. The van der Waals surface area contributed by atoms with Gasteiger partial charge in [0, 0.05) is 19.6 Å². The summed E-state index contributed by atoms with van der Waals surface area (Å²) in [6, 6.07) is 7.93. The first-order valence-corrected chi connectivity index (χ1v) is 11.8. The van der Waals surface area contributed by atoms with Gasteiger partial charge < -0.3 is 9.47 Å². The largest absolute Gasteiger partial charge is 0.493 e. The molecule has 0 aromatic heterocycles. The summed E-state index contributed by atoms with van der Waals surface area (Å²) in [5.74, 6) is 1.51. The fraction of sp³-hybridized carbons (Fsp3) is 0.478. The molecule has 1 heterocycles. The van der Waals surface area contributed by atoms with Crippen molar-refractivity contribution in [2.45, 2.75) is 45.1 Å². The minimum atomic E-state index is -3.51. The van der Waals surface area contributed by atoms with Crippen LogP contribution in [0.3, 0.4) is 0 Å². The Hall–Kier alpha value is -1.80. The van der Waals surface area contributed by atoms with E-state index in [0.29, 0.717) is 11.4 Å². The van der Waals surface area contributed by atoms with Gasteiger partial charge in [-0.15, -0.1) is 12.4 Å². The molecule has 172 valence electrons. The average Bonchev–Trinajstić information content (AvgIpc) is 2.69. The molecule has 0 atom stereocenters. The lowest BCUT2D eigenvalue weighted by atomic mass is 9.98.